The molecule has 0 spiro atoms. The topological polar surface area (TPSA) is 41.5 Å². The van der Waals surface area contributed by atoms with Gasteiger partial charge >= 0.3 is 0 Å². The Hall–Kier alpha value is -0.770. The molecule has 15 heavy (non-hydrogen) atoms. The molecule has 0 aliphatic rings. The molecule has 0 heterocycles. The Balaban J connectivity index is 3.03. The predicted octanol–water partition coefficient (Wildman–Crippen LogP) is 1.99. The lowest BCUT2D eigenvalue weighted by atomic mass is 10.0. The van der Waals surface area contributed by atoms with Gasteiger partial charge in [0.15, 0.2) is 0 Å². The maximum atomic E-state index is 9.56. The Kier molecular flexibility index (Phi) is 4.39. The molecule has 1 aromatic carbocycles. The van der Waals surface area contributed by atoms with Gasteiger partial charge in [-0.05, 0) is 31.7 Å². The highest BCUT2D eigenvalue weighted by Crippen LogP contribution is 2.28. The van der Waals surface area contributed by atoms with Crippen molar-refractivity contribution in [1.82, 2.24) is 5.32 Å². The molecule has 1 rings (SSSR count). The highest BCUT2D eigenvalue weighted by Gasteiger charge is 2.18. The largest absolute Gasteiger partial charge is 0.497 e. The average molecular weight is 230 g/mol. The summed E-state index contributed by atoms with van der Waals surface area (Å²) >= 11 is 6.09. The summed E-state index contributed by atoms with van der Waals surface area (Å²) in [7, 11) is 3.38. The summed E-state index contributed by atoms with van der Waals surface area (Å²) in [6.45, 7) is 1.72. The molecule has 0 amide bonds. The Morgan fingerprint density at radius 1 is 1.47 bits per heavy atom. The summed E-state index contributed by atoms with van der Waals surface area (Å²) in [5, 5.41) is 13.2. The summed E-state index contributed by atoms with van der Waals surface area (Å²) in [6, 6.07) is 5.26. The van der Waals surface area contributed by atoms with Crippen LogP contribution in [0.25, 0.3) is 0 Å². The molecule has 0 bridgehead atoms. The lowest BCUT2D eigenvalue weighted by Gasteiger charge is -2.21. The number of aliphatic hydroxyl groups is 1. The fourth-order valence-electron chi connectivity index (χ4n) is 1.54. The third-order valence-electron chi connectivity index (χ3n) is 2.34. The molecular formula is C11H16ClNO2. The van der Waals surface area contributed by atoms with E-state index in [4.69, 9.17) is 16.3 Å². The fraction of sp³-hybridized carbons (Fsp3) is 0.455. The zero-order valence-electron chi connectivity index (χ0n) is 9.12. The minimum Gasteiger partial charge on any atom is -0.497 e. The van der Waals surface area contributed by atoms with Gasteiger partial charge in [-0.25, -0.2) is 0 Å². The lowest BCUT2D eigenvalue weighted by molar-refractivity contribution is 0.150. The predicted molar refractivity (Wildman–Crippen MR) is 61.5 cm³/mol. The monoisotopic (exact) mass is 229 g/mol. The third kappa shape index (κ3) is 2.84. The highest BCUT2D eigenvalue weighted by molar-refractivity contribution is 6.31. The first-order valence-electron chi connectivity index (χ1n) is 4.79. The van der Waals surface area contributed by atoms with Gasteiger partial charge in [0, 0.05) is 5.02 Å². The van der Waals surface area contributed by atoms with Crippen molar-refractivity contribution in [3.8, 4) is 5.75 Å². The van der Waals surface area contributed by atoms with Crippen LogP contribution >= 0.6 is 11.6 Å². The van der Waals surface area contributed by atoms with Crippen molar-refractivity contribution in [3.05, 3.63) is 28.8 Å². The molecule has 0 radical (unpaired) electrons. The average Bonchev–Trinajstić information content (AvgIpc) is 2.20. The van der Waals surface area contributed by atoms with E-state index in [-0.39, 0.29) is 6.04 Å². The fourth-order valence-corrected chi connectivity index (χ4v) is 1.83. The number of benzene rings is 1. The maximum absolute atomic E-state index is 9.56. The number of likely N-dealkylation sites (N-methyl/N-ethyl adjacent to an activating group) is 1. The minimum absolute atomic E-state index is 0.164. The summed E-state index contributed by atoms with van der Waals surface area (Å²) in [5.74, 6) is 0.712. The van der Waals surface area contributed by atoms with Crippen molar-refractivity contribution < 1.29 is 9.84 Å². The second-order valence-electron chi connectivity index (χ2n) is 3.39. The van der Waals surface area contributed by atoms with Gasteiger partial charge in [-0.3, -0.25) is 0 Å². The smallest absolute Gasteiger partial charge is 0.120 e. The molecule has 0 aliphatic heterocycles. The zero-order chi connectivity index (χ0) is 11.4. The van der Waals surface area contributed by atoms with Crippen LogP contribution in [0, 0.1) is 0 Å². The van der Waals surface area contributed by atoms with E-state index >= 15 is 0 Å². The van der Waals surface area contributed by atoms with Crippen LogP contribution in [0.4, 0.5) is 0 Å². The number of halogens is 1. The number of hydrogen-bond acceptors (Lipinski definition) is 3. The van der Waals surface area contributed by atoms with Gasteiger partial charge in [-0.15, -0.1) is 0 Å². The molecule has 0 saturated heterocycles. The van der Waals surface area contributed by atoms with Crippen molar-refractivity contribution in [1.29, 1.82) is 0 Å². The molecule has 2 N–H and O–H groups in total. The van der Waals surface area contributed by atoms with E-state index in [1.54, 1.807) is 27.1 Å². The highest BCUT2D eigenvalue weighted by atomic mass is 35.5. The van der Waals surface area contributed by atoms with Crippen LogP contribution in [0.15, 0.2) is 18.2 Å². The molecule has 2 unspecified atom stereocenters. The van der Waals surface area contributed by atoms with Crippen molar-refractivity contribution in [3.63, 3.8) is 0 Å². The molecule has 84 valence electrons. The number of rotatable bonds is 4. The molecule has 0 aliphatic carbocycles. The van der Waals surface area contributed by atoms with Crippen LogP contribution in [-0.4, -0.2) is 25.4 Å². The quantitative estimate of drug-likeness (QED) is 0.830. The number of hydrogen-bond donors (Lipinski definition) is 2. The minimum atomic E-state index is -0.499. The van der Waals surface area contributed by atoms with Gasteiger partial charge in [0.2, 0.25) is 0 Å². The number of ether oxygens (including phenoxy) is 1. The van der Waals surface area contributed by atoms with E-state index in [1.165, 1.54) is 0 Å². The van der Waals surface area contributed by atoms with Crippen molar-refractivity contribution in [2.24, 2.45) is 0 Å². The van der Waals surface area contributed by atoms with Crippen LogP contribution in [-0.2, 0) is 0 Å². The Bertz CT molecular complexity index is 328. The zero-order valence-corrected chi connectivity index (χ0v) is 9.88. The van der Waals surface area contributed by atoms with E-state index < -0.39 is 6.10 Å². The first-order chi connectivity index (χ1) is 7.10. The van der Waals surface area contributed by atoms with E-state index in [2.05, 4.69) is 5.32 Å². The Labute approximate surface area is 95.0 Å². The normalized spacial score (nSPS) is 14.7. The molecule has 1 aromatic rings. The molecule has 0 saturated carbocycles. The number of aliphatic hydroxyl groups excluding tert-OH is 1. The van der Waals surface area contributed by atoms with Crippen LogP contribution < -0.4 is 10.1 Å². The second-order valence-corrected chi connectivity index (χ2v) is 3.80. The van der Waals surface area contributed by atoms with E-state index in [9.17, 15) is 5.11 Å². The Morgan fingerprint density at radius 2 is 2.13 bits per heavy atom. The summed E-state index contributed by atoms with van der Waals surface area (Å²) in [5.41, 5.74) is 0.870. The molecular weight excluding hydrogens is 214 g/mol. The van der Waals surface area contributed by atoms with Gasteiger partial charge < -0.3 is 15.2 Å². The van der Waals surface area contributed by atoms with Crippen molar-refractivity contribution in [2.45, 2.75) is 19.1 Å². The van der Waals surface area contributed by atoms with Crippen molar-refractivity contribution in [2.75, 3.05) is 14.2 Å². The molecule has 0 aromatic heterocycles. The van der Waals surface area contributed by atoms with Crippen LogP contribution in [0.5, 0.6) is 5.75 Å². The van der Waals surface area contributed by atoms with Crippen LogP contribution in [0.1, 0.15) is 18.5 Å². The van der Waals surface area contributed by atoms with Gasteiger partial charge in [-0.1, -0.05) is 17.7 Å². The summed E-state index contributed by atoms with van der Waals surface area (Å²) in [4.78, 5) is 0. The van der Waals surface area contributed by atoms with Crippen LogP contribution in [0.3, 0.4) is 0 Å². The number of nitrogens with one attached hydrogen (secondary N) is 1. The Morgan fingerprint density at radius 3 is 2.53 bits per heavy atom. The van der Waals surface area contributed by atoms with Gasteiger partial charge in [-0.2, -0.15) is 0 Å². The first kappa shape index (κ1) is 12.3. The van der Waals surface area contributed by atoms with Gasteiger partial charge in [0.25, 0.3) is 0 Å². The number of methoxy groups -OCH3 is 1. The third-order valence-corrected chi connectivity index (χ3v) is 2.66. The second kappa shape index (κ2) is 5.35. The van der Waals surface area contributed by atoms with Crippen molar-refractivity contribution >= 4 is 11.6 Å². The molecule has 0 fully saturated rings. The maximum Gasteiger partial charge on any atom is 0.120 e. The van der Waals surface area contributed by atoms with E-state index in [1.807, 2.05) is 12.1 Å². The SMILES string of the molecule is CNC(c1ccc(OC)cc1Cl)C(C)O. The molecule has 2 atom stereocenters. The molecule has 4 heteroatoms. The van der Waals surface area contributed by atoms with Crippen LogP contribution in [0.2, 0.25) is 5.02 Å². The van der Waals surface area contributed by atoms with Gasteiger partial charge in [0.05, 0.1) is 19.3 Å². The first-order valence-corrected chi connectivity index (χ1v) is 5.16. The molecule has 3 nitrogen and oxygen atoms in total. The summed E-state index contributed by atoms with van der Waals surface area (Å²) < 4.78 is 5.06. The van der Waals surface area contributed by atoms with E-state index in [0.717, 1.165) is 5.56 Å². The standard InChI is InChI=1S/C11H16ClNO2/c1-7(14)11(13-2)9-5-4-8(15-3)6-10(9)12/h4-7,11,13-14H,1-3H3. The lowest BCUT2D eigenvalue weighted by Crippen LogP contribution is -2.27. The summed E-state index contributed by atoms with van der Waals surface area (Å²) in [6.07, 6.45) is -0.499. The van der Waals surface area contributed by atoms with Gasteiger partial charge in [0.1, 0.15) is 5.75 Å². The van der Waals surface area contributed by atoms with E-state index in [0.29, 0.717) is 10.8 Å².